The Hall–Kier alpha value is -1.41. The van der Waals surface area contributed by atoms with Crippen LogP contribution in [-0.2, 0) is 14.8 Å². The number of hydrogen-bond acceptors (Lipinski definition) is 3. The highest BCUT2D eigenvalue weighted by Gasteiger charge is 2.14. The fourth-order valence-electron chi connectivity index (χ4n) is 1.81. The van der Waals surface area contributed by atoms with E-state index in [0.717, 1.165) is 4.47 Å². The fraction of sp³-hybridized carbons (Fsp3) is 0.133. The molecule has 0 heterocycles. The maximum absolute atomic E-state index is 12.1. The zero-order valence-electron chi connectivity index (χ0n) is 11.9. The Labute approximate surface area is 148 Å². The van der Waals surface area contributed by atoms with Gasteiger partial charge in [0.15, 0.2) is 0 Å². The molecule has 0 radical (unpaired) electrons. The highest BCUT2D eigenvalue weighted by molar-refractivity contribution is 9.10. The van der Waals surface area contributed by atoms with Crippen LogP contribution in [0.1, 0.15) is 6.42 Å². The molecule has 0 bridgehead atoms. The lowest BCUT2D eigenvalue weighted by Gasteiger charge is -2.08. The molecule has 1 amide bonds. The fourth-order valence-corrected chi connectivity index (χ4v) is 3.54. The monoisotopic (exact) mass is 416 g/mol. The third-order valence-electron chi connectivity index (χ3n) is 2.86. The van der Waals surface area contributed by atoms with Gasteiger partial charge < -0.3 is 5.32 Å². The molecule has 0 saturated carbocycles. The molecule has 0 aliphatic heterocycles. The number of rotatable bonds is 6. The largest absolute Gasteiger partial charge is 0.326 e. The maximum Gasteiger partial charge on any atom is 0.240 e. The maximum atomic E-state index is 12.1. The van der Waals surface area contributed by atoms with Crippen molar-refractivity contribution in [3.8, 4) is 0 Å². The van der Waals surface area contributed by atoms with Crippen molar-refractivity contribution >= 4 is 49.1 Å². The van der Waals surface area contributed by atoms with E-state index in [2.05, 4.69) is 26.0 Å². The summed E-state index contributed by atoms with van der Waals surface area (Å²) in [4.78, 5) is 11.9. The number of carbonyl (C=O) groups is 1. The van der Waals surface area contributed by atoms with Gasteiger partial charge in [-0.1, -0.05) is 39.7 Å². The lowest BCUT2D eigenvalue weighted by atomic mass is 10.3. The Balaban J connectivity index is 1.88. The van der Waals surface area contributed by atoms with E-state index in [9.17, 15) is 13.2 Å². The normalized spacial score (nSPS) is 11.2. The number of amides is 1. The predicted molar refractivity (Wildman–Crippen MR) is 94.0 cm³/mol. The van der Waals surface area contributed by atoms with Crippen molar-refractivity contribution in [1.82, 2.24) is 4.72 Å². The number of carbonyl (C=O) groups excluding carboxylic acids is 1. The summed E-state index contributed by atoms with van der Waals surface area (Å²) in [5.74, 6) is -0.281. The van der Waals surface area contributed by atoms with Crippen LogP contribution in [0.25, 0.3) is 0 Å². The summed E-state index contributed by atoms with van der Waals surface area (Å²) in [6, 6.07) is 13.1. The Morgan fingerprint density at radius 3 is 2.57 bits per heavy atom. The number of sulfonamides is 1. The van der Waals surface area contributed by atoms with Crippen molar-refractivity contribution in [1.29, 1.82) is 0 Å². The summed E-state index contributed by atoms with van der Waals surface area (Å²) >= 11 is 9.09. The molecule has 122 valence electrons. The van der Waals surface area contributed by atoms with E-state index in [0.29, 0.717) is 10.7 Å². The second kappa shape index (κ2) is 7.92. The number of benzene rings is 2. The first-order valence-corrected chi connectivity index (χ1v) is 9.33. The van der Waals surface area contributed by atoms with Crippen LogP contribution in [-0.4, -0.2) is 20.9 Å². The van der Waals surface area contributed by atoms with Crippen LogP contribution in [0.4, 0.5) is 5.69 Å². The number of anilines is 1. The summed E-state index contributed by atoms with van der Waals surface area (Å²) in [5.41, 5.74) is 0.641. The molecule has 2 rings (SSSR count). The van der Waals surface area contributed by atoms with E-state index < -0.39 is 10.0 Å². The smallest absolute Gasteiger partial charge is 0.240 e. The van der Waals surface area contributed by atoms with Crippen LogP contribution in [0.2, 0.25) is 5.02 Å². The second-order valence-corrected chi connectivity index (χ2v) is 7.78. The summed E-state index contributed by atoms with van der Waals surface area (Å²) < 4.78 is 27.3. The summed E-state index contributed by atoms with van der Waals surface area (Å²) in [6.45, 7) is -0.00527. The van der Waals surface area contributed by atoms with Crippen molar-refractivity contribution in [3.63, 3.8) is 0 Å². The van der Waals surface area contributed by atoms with E-state index in [-0.39, 0.29) is 23.8 Å². The standard InChI is InChI=1S/C15H14BrClN2O3S/c16-11-3-1-5-13(9-11)19-15(20)7-8-18-23(21,22)14-6-2-4-12(17)10-14/h1-6,9-10,18H,7-8H2,(H,19,20). The third-order valence-corrected chi connectivity index (χ3v) is 5.05. The molecular weight excluding hydrogens is 404 g/mol. The molecule has 2 N–H and O–H groups in total. The SMILES string of the molecule is O=C(CCNS(=O)(=O)c1cccc(Cl)c1)Nc1cccc(Br)c1. The quantitative estimate of drug-likeness (QED) is 0.756. The Morgan fingerprint density at radius 1 is 1.13 bits per heavy atom. The van der Waals surface area contributed by atoms with Crippen molar-refractivity contribution in [2.75, 3.05) is 11.9 Å². The van der Waals surface area contributed by atoms with E-state index in [1.54, 1.807) is 30.3 Å². The minimum Gasteiger partial charge on any atom is -0.326 e. The van der Waals surface area contributed by atoms with Gasteiger partial charge in [-0.15, -0.1) is 0 Å². The number of nitrogens with one attached hydrogen (secondary N) is 2. The highest BCUT2D eigenvalue weighted by Crippen LogP contribution is 2.16. The average Bonchev–Trinajstić information content (AvgIpc) is 2.47. The molecule has 0 aliphatic rings. The zero-order chi connectivity index (χ0) is 16.9. The first-order valence-electron chi connectivity index (χ1n) is 6.67. The molecule has 2 aromatic carbocycles. The van der Waals surface area contributed by atoms with Gasteiger partial charge >= 0.3 is 0 Å². The van der Waals surface area contributed by atoms with E-state index >= 15 is 0 Å². The lowest BCUT2D eigenvalue weighted by molar-refractivity contribution is -0.116. The Kier molecular flexibility index (Phi) is 6.17. The van der Waals surface area contributed by atoms with E-state index in [1.165, 1.54) is 12.1 Å². The van der Waals surface area contributed by atoms with Gasteiger partial charge in [-0.05, 0) is 36.4 Å². The third kappa shape index (κ3) is 5.62. The molecule has 0 aliphatic carbocycles. The molecule has 2 aromatic rings. The summed E-state index contributed by atoms with van der Waals surface area (Å²) in [5, 5.41) is 3.03. The summed E-state index contributed by atoms with van der Waals surface area (Å²) in [7, 11) is -3.68. The summed E-state index contributed by atoms with van der Waals surface area (Å²) in [6.07, 6.45) is 0.0201. The second-order valence-electron chi connectivity index (χ2n) is 4.66. The van der Waals surface area contributed by atoms with Crippen LogP contribution in [0, 0.1) is 0 Å². The molecule has 0 atom stereocenters. The van der Waals surface area contributed by atoms with Gasteiger partial charge in [0, 0.05) is 28.1 Å². The van der Waals surface area contributed by atoms with Crippen LogP contribution in [0.5, 0.6) is 0 Å². The van der Waals surface area contributed by atoms with Gasteiger partial charge in [0.2, 0.25) is 15.9 Å². The number of halogens is 2. The molecule has 0 saturated heterocycles. The lowest BCUT2D eigenvalue weighted by Crippen LogP contribution is -2.27. The van der Waals surface area contributed by atoms with Gasteiger partial charge in [-0.3, -0.25) is 4.79 Å². The van der Waals surface area contributed by atoms with Crippen molar-refractivity contribution in [2.45, 2.75) is 11.3 Å². The first kappa shape index (κ1) is 17.9. The van der Waals surface area contributed by atoms with Crippen LogP contribution in [0.3, 0.4) is 0 Å². The molecule has 0 spiro atoms. The van der Waals surface area contributed by atoms with E-state index in [1.807, 2.05) is 6.07 Å². The van der Waals surface area contributed by atoms with Crippen LogP contribution in [0.15, 0.2) is 57.9 Å². The molecule has 0 fully saturated rings. The van der Waals surface area contributed by atoms with Gasteiger partial charge in [0.25, 0.3) is 0 Å². The van der Waals surface area contributed by atoms with Crippen molar-refractivity contribution in [3.05, 3.63) is 58.0 Å². The van der Waals surface area contributed by atoms with Crippen LogP contribution < -0.4 is 10.0 Å². The van der Waals surface area contributed by atoms with Crippen molar-refractivity contribution < 1.29 is 13.2 Å². The van der Waals surface area contributed by atoms with Crippen LogP contribution >= 0.6 is 27.5 Å². The van der Waals surface area contributed by atoms with Gasteiger partial charge in [0.1, 0.15) is 0 Å². The van der Waals surface area contributed by atoms with Gasteiger partial charge in [-0.2, -0.15) is 0 Å². The molecule has 0 unspecified atom stereocenters. The molecule has 23 heavy (non-hydrogen) atoms. The Bertz CT molecular complexity index is 812. The van der Waals surface area contributed by atoms with Crippen molar-refractivity contribution in [2.24, 2.45) is 0 Å². The highest BCUT2D eigenvalue weighted by atomic mass is 79.9. The van der Waals surface area contributed by atoms with E-state index in [4.69, 9.17) is 11.6 Å². The minimum atomic E-state index is -3.68. The predicted octanol–water partition coefficient (Wildman–Crippen LogP) is 3.41. The molecule has 0 aromatic heterocycles. The van der Waals surface area contributed by atoms with Gasteiger partial charge in [-0.25, -0.2) is 13.1 Å². The Morgan fingerprint density at radius 2 is 1.87 bits per heavy atom. The minimum absolute atomic E-state index is 0.00527. The first-order chi connectivity index (χ1) is 10.9. The number of hydrogen-bond donors (Lipinski definition) is 2. The topological polar surface area (TPSA) is 75.3 Å². The van der Waals surface area contributed by atoms with Gasteiger partial charge in [0.05, 0.1) is 4.90 Å². The average molecular weight is 418 g/mol. The molecule has 5 nitrogen and oxygen atoms in total. The molecule has 8 heteroatoms. The molecular formula is C15H14BrClN2O3S. The zero-order valence-corrected chi connectivity index (χ0v) is 15.1.